The summed E-state index contributed by atoms with van der Waals surface area (Å²) in [5, 5.41) is 13.2. The molecule has 3 aromatic heterocycles. The van der Waals surface area contributed by atoms with Crippen molar-refractivity contribution >= 4 is 48.3 Å². The van der Waals surface area contributed by atoms with Crippen LogP contribution in [0.2, 0.25) is 0 Å². The predicted octanol–water partition coefficient (Wildman–Crippen LogP) is 11.0. The van der Waals surface area contributed by atoms with Crippen molar-refractivity contribution in [2.75, 3.05) is 0 Å². The van der Waals surface area contributed by atoms with E-state index in [2.05, 4.69) is 68.4 Å². The molecule has 0 saturated carbocycles. The van der Waals surface area contributed by atoms with Gasteiger partial charge in [0.25, 0.3) is 0 Å². The van der Waals surface area contributed by atoms with Crippen LogP contribution in [-0.4, -0.2) is 15.9 Å². The quantitative estimate of drug-likeness (QED) is 0.110. The molecule has 0 bridgehead atoms. The minimum Gasteiger partial charge on any atom is -0.512 e. The number of aliphatic hydroxyl groups is 1. The van der Waals surface area contributed by atoms with Crippen LogP contribution in [0.1, 0.15) is 52.7 Å². The topological polar surface area (TPSA) is 63.3 Å². The van der Waals surface area contributed by atoms with Crippen molar-refractivity contribution in [3.8, 4) is 22.6 Å². The molecule has 6 rings (SSSR count). The van der Waals surface area contributed by atoms with Crippen molar-refractivity contribution in [1.29, 1.82) is 0 Å². The number of hydrogen-bond acceptors (Lipinski definition) is 5. The fourth-order valence-electron chi connectivity index (χ4n) is 4.75. The number of rotatable bonds is 3. The van der Waals surface area contributed by atoms with Gasteiger partial charge in [0, 0.05) is 69.3 Å². The van der Waals surface area contributed by atoms with E-state index in [0.717, 1.165) is 39.1 Å². The van der Waals surface area contributed by atoms with Crippen molar-refractivity contribution in [3.05, 3.63) is 102 Å². The number of benzene rings is 3. The number of carbonyl (C=O) groups excluding carboxylic acids is 1. The molecule has 3 aromatic carbocycles. The molecule has 0 atom stereocenters. The van der Waals surface area contributed by atoms with E-state index in [1.807, 2.05) is 65.9 Å². The second-order valence-corrected chi connectivity index (χ2v) is 14.2. The van der Waals surface area contributed by atoms with Gasteiger partial charge in [-0.05, 0) is 35.0 Å². The van der Waals surface area contributed by atoms with Crippen LogP contribution in [0.5, 0.6) is 0 Å². The number of ketones is 1. The molecule has 0 aliphatic heterocycles. The zero-order chi connectivity index (χ0) is 31.1. The monoisotopic (exact) mass is 781 g/mol. The van der Waals surface area contributed by atoms with Gasteiger partial charge < -0.3 is 14.5 Å². The van der Waals surface area contributed by atoms with Gasteiger partial charge in [-0.25, -0.2) is 0 Å². The van der Waals surface area contributed by atoms with Crippen molar-refractivity contribution in [1.82, 2.24) is 4.98 Å². The third-order valence-corrected chi connectivity index (χ3v) is 8.45. The van der Waals surface area contributed by atoms with Gasteiger partial charge >= 0.3 is 0 Å². The standard InChI is InChI=1S/C27H18NOS.C11H20O2.Ir/c1-16-11-17(2)13-20(12-16)26-27-22(9-10-28-26)21-8-7-19(15-25(21)30-27)24-14-18-5-3-4-6-23(18)29-24;1-10(2,3)8(12)7-9(13)11(4,5)6;/h3-12,14-15H,1-2H3;7,12H,1-6H3;/q-1;;/b;8-7-;. The molecular weight excluding hydrogens is 743 g/mol. The van der Waals surface area contributed by atoms with E-state index in [1.165, 1.54) is 31.8 Å². The van der Waals surface area contributed by atoms with Crippen LogP contribution in [-0.2, 0) is 24.9 Å². The Bertz CT molecular complexity index is 1950. The summed E-state index contributed by atoms with van der Waals surface area (Å²) in [4.78, 5) is 16.2. The molecule has 0 aliphatic carbocycles. The number of hydrogen-bond donors (Lipinski definition) is 1. The number of furan rings is 1. The molecule has 6 aromatic rings. The number of nitrogens with zero attached hydrogens (tertiary/aromatic N) is 1. The van der Waals surface area contributed by atoms with Crippen molar-refractivity contribution in [3.63, 3.8) is 0 Å². The summed E-state index contributed by atoms with van der Waals surface area (Å²) in [6, 6.07) is 26.7. The largest absolute Gasteiger partial charge is 0.512 e. The Morgan fingerprint density at radius 1 is 0.909 bits per heavy atom. The van der Waals surface area contributed by atoms with E-state index in [9.17, 15) is 9.90 Å². The van der Waals surface area contributed by atoms with E-state index in [1.54, 1.807) is 11.3 Å². The number of aromatic nitrogens is 1. The average Bonchev–Trinajstić information content (AvgIpc) is 3.53. The van der Waals surface area contributed by atoms with Crippen molar-refractivity contribution in [2.24, 2.45) is 10.8 Å². The van der Waals surface area contributed by atoms with Gasteiger partial charge in [-0.15, -0.1) is 46.2 Å². The summed E-state index contributed by atoms with van der Waals surface area (Å²) in [5.41, 5.74) is 5.68. The molecule has 6 heteroatoms. The number of aryl methyl sites for hydroxylation is 2. The van der Waals surface area contributed by atoms with Crippen LogP contribution in [0.4, 0.5) is 0 Å². The molecule has 0 spiro atoms. The van der Waals surface area contributed by atoms with Gasteiger partial charge in [0.15, 0.2) is 5.78 Å². The molecule has 0 fully saturated rings. The van der Waals surface area contributed by atoms with Gasteiger partial charge in [-0.1, -0.05) is 85.7 Å². The van der Waals surface area contributed by atoms with Gasteiger partial charge in [0.05, 0.1) is 0 Å². The van der Waals surface area contributed by atoms with Gasteiger partial charge in [0.2, 0.25) is 0 Å². The number of para-hydroxylation sites is 1. The molecule has 1 N–H and O–H groups in total. The first-order chi connectivity index (χ1) is 20.2. The van der Waals surface area contributed by atoms with E-state index in [4.69, 9.17) is 9.40 Å². The van der Waals surface area contributed by atoms with Gasteiger partial charge in [-0.3, -0.25) is 4.79 Å². The predicted molar refractivity (Wildman–Crippen MR) is 181 cm³/mol. The normalized spacial score (nSPS) is 12.2. The SMILES string of the molecule is CC(C)(C)C(=O)/C=C(\O)C(C)(C)C.Cc1[c-]c(-c2nccc3c2sc2cc(-c4cc5ccccc5o4)ccc23)cc(C)c1.[Ir]. The minimum atomic E-state index is -0.417. The van der Waals surface area contributed by atoms with Crippen LogP contribution in [0.3, 0.4) is 0 Å². The maximum atomic E-state index is 11.5. The third kappa shape index (κ3) is 7.21. The Labute approximate surface area is 277 Å². The van der Waals surface area contributed by atoms with Crippen molar-refractivity contribution in [2.45, 2.75) is 55.4 Å². The first-order valence-corrected chi connectivity index (χ1v) is 15.3. The van der Waals surface area contributed by atoms with Gasteiger partial charge in [0.1, 0.15) is 17.1 Å². The summed E-state index contributed by atoms with van der Waals surface area (Å²) < 4.78 is 8.53. The summed E-state index contributed by atoms with van der Waals surface area (Å²) in [6.07, 6.45) is 3.24. The molecule has 0 unspecified atom stereocenters. The molecule has 0 amide bonds. The number of aliphatic hydroxyl groups excluding tert-OH is 1. The summed E-state index contributed by atoms with van der Waals surface area (Å²) >= 11 is 1.79. The first kappa shape index (κ1) is 33.3. The second-order valence-electron chi connectivity index (χ2n) is 13.1. The molecular formula is C38H38IrNO3S-. The molecule has 4 nitrogen and oxygen atoms in total. The van der Waals surface area contributed by atoms with Crippen molar-refractivity contribution < 1.29 is 34.4 Å². The molecule has 3 heterocycles. The maximum Gasteiger partial charge on any atom is 0.164 e. The minimum absolute atomic E-state index is 0. The second kappa shape index (κ2) is 12.8. The number of pyridine rings is 1. The Kier molecular flexibility index (Phi) is 9.70. The van der Waals surface area contributed by atoms with Crippen LogP contribution < -0.4 is 0 Å². The first-order valence-electron chi connectivity index (χ1n) is 14.5. The Balaban J connectivity index is 0.000000271. The van der Waals surface area contributed by atoms with Crippen LogP contribution in [0.25, 0.3) is 53.7 Å². The number of allylic oxidation sites excluding steroid dienone is 2. The van der Waals surface area contributed by atoms with Crippen LogP contribution >= 0.6 is 11.3 Å². The Morgan fingerprint density at radius 2 is 1.64 bits per heavy atom. The Morgan fingerprint density at radius 3 is 2.30 bits per heavy atom. The van der Waals surface area contributed by atoms with E-state index < -0.39 is 5.41 Å². The van der Waals surface area contributed by atoms with Crippen LogP contribution in [0, 0.1) is 30.7 Å². The Hall–Kier alpha value is -3.57. The molecule has 1 radical (unpaired) electrons. The molecule has 0 saturated heterocycles. The average molecular weight is 781 g/mol. The van der Waals surface area contributed by atoms with E-state index >= 15 is 0 Å². The number of thiophene rings is 1. The zero-order valence-corrected chi connectivity index (χ0v) is 29.7. The van der Waals surface area contributed by atoms with Gasteiger partial charge in [-0.2, -0.15) is 0 Å². The molecule has 44 heavy (non-hydrogen) atoms. The maximum absolute atomic E-state index is 11.5. The summed E-state index contributed by atoms with van der Waals surface area (Å²) in [7, 11) is 0. The summed E-state index contributed by atoms with van der Waals surface area (Å²) in [5.74, 6) is 1.00. The fraction of sp³-hybridized carbons (Fsp3) is 0.263. The van der Waals surface area contributed by atoms with E-state index in [-0.39, 0.29) is 37.1 Å². The smallest absolute Gasteiger partial charge is 0.164 e. The number of fused-ring (bicyclic) bond motifs is 4. The van der Waals surface area contributed by atoms with E-state index in [0.29, 0.717) is 0 Å². The summed E-state index contributed by atoms with van der Waals surface area (Å²) in [6.45, 7) is 15.3. The third-order valence-electron chi connectivity index (χ3n) is 7.28. The number of carbonyl (C=O) groups is 1. The molecule has 229 valence electrons. The zero-order valence-electron chi connectivity index (χ0n) is 26.5. The molecule has 0 aliphatic rings. The fourth-order valence-corrected chi connectivity index (χ4v) is 5.99. The van der Waals surface area contributed by atoms with Crippen LogP contribution in [0.15, 0.2) is 89.2 Å².